The van der Waals surface area contributed by atoms with Crippen LogP contribution in [-0.4, -0.2) is 31.5 Å². The van der Waals surface area contributed by atoms with Crippen molar-refractivity contribution >= 4 is 33.1 Å². The molecule has 0 bridgehead atoms. The van der Waals surface area contributed by atoms with Crippen LogP contribution < -0.4 is 16.5 Å². The molecule has 2 amide bonds. The van der Waals surface area contributed by atoms with Crippen molar-refractivity contribution in [2.45, 2.75) is 17.6 Å². The third-order valence-electron chi connectivity index (χ3n) is 6.10. The SMILES string of the molecule is CS(=O)(=O)c1c(-c2ccccc2)ccc(NC(=O)N(Cc2ccc(C(F)(F)F)cc2)Nc2cccc(C(=N)N)c2)c1F. The number of carbonyl (C=O) groups is 1. The fourth-order valence-corrected chi connectivity index (χ4v) is 5.12. The number of amidine groups is 1. The Hall–Kier alpha value is -4.91. The number of hydrogen-bond donors (Lipinski definition) is 4. The number of sulfone groups is 1. The Kier molecular flexibility index (Phi) is 8.52. The molecule has 8 nitrogen and oxygen atoms in total. The van der Waals surface area contributed by atoms with Crippen molar-refractivity contribution in [3.05, 3.63) is 114 Å². The number of nitrogen functional groups attached to an aromatic ring is 1. The highest BCUT2D eigenvalue weighted by Gasteiger charge is 2.30. The molecule has 0 saturated carbocycles. The van der Waals surface area contributed by atoms with Gasteiger partial charge in [-0.05, 0) is 41.5 Å². The lowest BCUT2D eigenvalue weighted by atomic mass is 10.0. The number of nitrogens with two attached hydrogens (primary N) is 1. The second-order valence-corrected chi connectivity index (χ2v) is 11.2. The minimum atomic E-state index is -4.55. The van der Waals surface area contributed by atoms with Gasteiger partial charge in [0.25, 0.3) is 0 Å². The molecule has 0 spiro atoms. The lowest BCUT2D eigenvalue weighted by molar-refractivity contribution is -0.137. The summed E-state index contributed by atoms with van der Waals surface area (Å²) in [4.78, 5) is 12.8. The Morgan fingerprint density at radius 3 is 2.21 bits per heavy atom. The molecule has 0 aliphatic rings. The molecule has 218 valence electrons. The van der Waals surface area contributed by atoms with E-state index in [1.807, 2.05) is 0 Å². The van der Waals surface area contributed by atoms with Gasteiger partial charge in [-0.2, -0.15) is 13.2 Å². The van der Waals surface area contributed by atoms with Gasteiger partial charge in [0.15, 0.2) is 15.7 Å². The largest absolute Gasteiger partial charge is 0.416 e. The highest BCUT2D eigenvalue weighted by molar-refractivity contribution is 7.90. The third kappa shape index (κ3) is 7.04. The van der Waals surface area contributed by atoms with E-state index in [-0.39, 0.29) is 17.9 Å². The van der Waals surface area contributed by atoms with Crippen LogP contribution in [0.25, 0.3) is 11.1 Å². The first-order valence-electron chi connectivity index (χ1n) is 12.3. The van der Waals surface area contributed by atoms with Gasteiger partial charge >= 0.3 is 12.2 Å². The zero-order chi connectivity index (χ0) is 30.7. The number of urea groups is 1. The first-order chi connectivity index (χ1) is 19.7. The first-order valence-corrected chi connectivity index (χ1v) is 14.2. The van der Waals surface area contributed by atoms with Crippen LogP contribution in [-0.2, 0) is 22.6 Å². The number of alkyl halides is 3. The molecule has 42 heavy (non-hydrogen) atoms. The number of hydrogen-bond acceptors (Lipinski definition) is 5. The number of benzene rings is 4. The van der Waals surface area contributed by atoms with E-state index in [0.717, 1.165) is 23.4 Å². The quantitative estimate of drug-likeness (QED) is 0.0823. The molecular formula is C29H25F4N5O3S. The Bertz CT molecular complexity index is 1730. The lowest BCUT2D eigenvalue weighted by Crippen LogP contribution is -2.39. The standard InChI is InChI=1S/C29H25F4N5O3S/c1-42(40,41)26-23(19-6-3-2-4-7-19)14-15-24(25(26)30)36-28(39)38(37-22-9-5-8-20(16-22)27(34)35)17-18-10-12-21(13-11-18)29(31,32)33/h2-16,37H,17H2,1H3,(H3,34,35)(H,36,39). The summed E-state index contributed by atoms with van der Waals surface area (Å²) in [6.07, 6.45) is -3.70. The van der Waals surface area contributed by atoms with E-state index in [2.05, 4.69) is 10.7 Å². The van der Waals surface area contributed by atoms with E-state index in [0.29, 0.717) is 22.4 Å². The molecule has 4 aromatic carbocycles. The van der Waals surface area contributed by atoms with Gasteiger partial charge < -0.3 is 11.1 Å². The minimum Gasteiger partial charge on any atom is -0.384 e. The molecule has 0 fully saturated rings. The molecule has 4 aromatic rings. The number of nitrogens with one attached hydrogen (secondary N) is 3. The van der Waals surface area contributed by atoms with E-state index >= 15 is 4.39 Å². The maximum absolute atomic E-state index is 15.7. The number of carbonyl (C=O) groups excluding carboxylic acids is 1. The van der Waals surface area contributed by atoms with Crippen molar-refractivity contribution in [3.63, 3.8) is 0 Å². The molecule has 0 aromatic heterocycles. The molecule has 0 aliphatic carbocycles. The zero-order valence-electron chi connectivity index (χ0n) is 22.0. The van der Waals surface area contributed by atoms with Gasteiger partial charge in [0.2, 0.25) is 0 Å². The maximum Gasteiger partial charge on any atom is 0.416 e. The van der Waals surface area contributed by atoms with Crippen LogP contribution in [0.3, 0.4) is 0 Å². The molecule has 5 N–H and O–H groups in total. The van der Waals surface area contributed by atoms with Gasteiger partial charge in [-0.25, -0.2) is 22.6 Å². The normalized spacial score (nSPS) is 11.5. The van der Waals surface area contributed by atoms with Crippen LogP contribution in [0.5, 0.6) is 0 Å². The van der Waals surface area contributed by atoms with Crippen LogP contribution >= 0.6 is 0 Å². The highest BCUT2D eigenvalue weighted by Crippen LogP contribution is 2.34. The van der Waals surface area contributed by atoms with Gasteiger partial charge in [0, 0.05) is 17.4 Å². The number of anilines is 2. The molecule has 0 atom stereocenters. The fourth-order valence-electron chi connectivity index (χ4n) is 4.10. The van der Waals surface area contributed by atoms with Crippen molar-refractivity contribution < 1.29 is 30.8 Å². The van der Waals surface area contributed by atoms with Gasteiger partial charge in [-0.3, -0.25) is 10.8 Å². The molecule has 0 saturated heterocycles. The molecule has 0 heterocycles. The van der Waals surface area contributed by atoms with E-state index in [4.69, 9.17) is 11.1 Å². The number of halogens is 4. The predicted octanol–water partition coefficient (Wildman–Crippen LogP) is 6.26. The summed E-state index contributed by atoms with van der Waals surface area (Å²) >= 11 is 0. The molecule has 4 rings (SSSR count). The molecule has 0 unspecified atom stereocenters. The van der Waals surface area contributed by atoms with E-state index < -0.39 is 44.0 Å². The third-order valence-corrected chi connectivity index (χ3v) is 7.24. The topological polar surface area (TPSA) is 128 Å². The average Bonchev–Trinajstić information content (AvgIpc) is 2.93. The summed E-state index contributed by atoms with van der Waals surface area (Å²) in [6.45, 7) is -0.281. The van der Waals surface area contributed by atoms with Crippen molar-refractivity contribution in [3.8, 4) is 11.1 Å². The predicted molar refractivity (Wildman–Crippen MR) is 152 cm³/mol. The minimum absolute atomic E-state index is 0.106. The monoisotopic (exact) mass is 599 g/mol. The maximum atomic E-state index is 15.7. The van der Waals surface area contributed by atoms with E-state index in [1.54, 1.807) is 48.5 Å². The second kappa shape index (κ2) is 11.9. The molecule has 13 heteroatoms. The Labute approximate surface area is 239 Å². The number of hydrazine groups is 1. The molecule has 0 radical (unpaired) electrons. The summed E-state index contributed by atoms with van der Waals surface area (Å²) in [5, 5.41) is 11.0. The zero-order valence-corrected chi connectivity index (χ0v) is 22.9. The Balaban J connectivity index is 1.70. The molecule has 0 aliphatic heterocycles. The number of amides is 2. The summed E-state index contributed by atoms with van der Waals surface area (Å²) in [5.74, 6) is -1.42. The highest BCUT2D eigenvalue weighted by atomic mass is 32.2. The van der Waals surface area contributed by atoms with Crippen molar-refractivity contribution in [1.29, 1.82) is 5.41 Å². The average molecular weight is 600 g/mol. The van der Waals surface area contributed by atoms with Crippen molar-refractivity contribution in [2.75, 3.05) is 17.0 Å². The summed E-state index contributed by atoms with van der Waals surface area (Å²) in [7, 11) is -4.10. The Morgan fingerprint density at radius 1 is 0.952 bits per heavy atom. The van der Waals surface area contributed by atoms with Gasteiger partial charge in [-0.1, -0.05) is 60.7 Å². The summed E-state index contributed by atoms with van der Waals surface area (Å²) in [6, 6.07) is 20.2. The Morgan fingerprint density at radius 2 is 1.62 bits per heavy atom. The van der Waals surface area contributed by atoms with E-state index in [1.165, 1.54) is 30.3 Å². The van der Waals surface area contributed by atoms with Crippen LogP contribution in [0.1, 0.15) is 16.7 Å². The summed E-state index contributed by atoms with van der Waals surface area (Å²) < 4.78 is 80.0. The lowest BCUT2D eigenvalue weighted by Gasteiger charge is -2.26. The first kappa shape index (κ1) is 30.1. The van der Waals surface area contributed by atoms with E-state index in [9.17, 15) is 26.4 Å². The van der Waals surface area contributed by atoms with Gasteiger partial charge in [0.1, 0.15) is 10.7 Å². The van der Waals surface area contributed by atoms with Crippen LogP contribution in [0.4, 0.5) is 33.7 Å². The van der Waals surface area contributed by atoms with Crippen LogP contribution in [0.15, 0.2) is 95.9 Å². The van der Waals surface area contributed by atoms with Gasteiger partial charge in [-0.15, -0.1) is 0 Å². The second-order valence-electron chi connectivity index (χ2n) is 9.26. The van der Waals surface area contributed by atoms with Crippen molar-refractivity contribution in [1.82, 2.24) is 5.01 Å². The van der Waals surface area contributed by atoms with Crippen LogP contribution in [0.2, 0.25) is 0 Å². The summed E-state index contributed by atoms with van der Waals surface area (Å²) in [5.41, 5.74) is 8.51. The van der Waals surface area contributed by atoms with Crippen LogP contribution in [0, 0.1) is 11.2 Å². The van der Waals surface area contributed by atoms with Gasteiger partial charge in [0.05, 0.1) is 23.5 Å². The number of nitrogens with zero attached hydrogens (tertiary/aromatic N) is 1. The molecular weight excluding hydrogens is 574 g/mol. The fraction of sp³-hybridized carbons (Fsp3) is 0.103. The van der Waals surface area contributed by atoms with Crippen molar-refractivity contribution in [2.24, 2.45) is 5.73 Å². The smallest absolute Gasteiger partial charge is 0.384 e. The number of rotatable bonds is 8.